The van der Waals surface area contributed by atoms with Gasteiger partial charge >= 0.3 is 6.03 Å². The third-order valence-corrected chi connectivity index (χ3v) is 6.97. The summed E-state index contributed by atoms with van der Waals surface area (Å²) >= 11 is 0. The number of rotatable bonds is 10. The third-order valence-electron chi connectivity index (χ3n) is 6.97. The van der Waals surface area contributed by atoms with Crippen molar-refractivity contribution in [1.82, 2.24) is 4.90 Å². The van der Waals surface area contributed by atoms with Crippen molar-refractivity contribution in [3.05, 3.63) is 90.2 Å². The molecule has 0 saturated carbocycles. The molecule has 1 heterocycles. The first-order valence-electron chi connectivity index (χ1n) is 13.6. The van der Waals surface area contributed by atoms with Gasteiger partial charge in [0.2, 0.25) is 0 Å². The van der Waals surface area contributed by atoms with Gasteiger partial charge in [0.1, 0.15) is 24.8 Å². The largest absolute Gasteiger partial charge is 0.493 e. The molecule has 0 aliphatic carbocycles. The molecule has 4 aromatic carbocycles. The van der Waals surface area contributed by atoms with E-state index in [0.29, 0.717) is 36.1 Å². The number of likely N-dealkylation sites (tertiary alicyclic amines) is 1. The number of hydrogen-bond donors (Lipinski definition) is 2. The number of ether oxygens (including phenoxy) is 3. The zero-order valence-electron chi connectivity index (χ0n) is 22.6. The number of carbonyl (C=O) groups excluding carboxylic acids is 1. The maximum Gasteiger partial charge on any atom is 0.323 e. The number of fused-ring (bicyclic) bond motifs is 1. The smallest absolute Gasteiger partial charge is 0.323 e. The van der Waals surface area contributed by atoms with E-state index in [4.69, 9.17) is 14.2 Å². The maximum atomic E-state index is 13.2. The van der Waals surface area contributed by atoms with Crippen molar-refractivity contribution in [2.24, 2.45) is 0 Å². The van der Waals surface area contributed by atoms with Gasteiger partial charge in [-0.25, -0.2) is 9.18 Å². The summed E-state index contributed by atoms with van der Waals surface area (Å²) in [6, 6.07) is 22.4. The zero-order valence-corrected chi connectivity index (χ0v) is 22.6. The second-order valence-corrected chi connectivity index (χ2v) is 9.77. The van der Waals surface area contributed by atoms with Crippen LogP contribution in [0.2, 0.25) is 0 Å². The summed E-state index contributed by atoms with van der Waals surface area (Å²) in [7, 11) is 1.64. The Morgan fingerprint density at radius 1 is 0.825 bits per heavy atom. The van der Waals surface area contributed by atoms with Crippen LogP contribution in [0.4, 0.5) is 20.6 Å². The molecule has 4 aromatic rings. The SMILES string of the molecule is COc1cc(COc2ccc(NC(=O)Nc3ccc(F)cc3)c3ccccc23)ccc1OCCN1CCCCC1. The van der Waals surface area contributed by atoms with Crippen LogP contribution in [-0.4, -0.2) is 44.3 Å². The molecular weight excluding hydrogens is 509 g/mol. The van der Waals surface area contributed by atoms with Gasteiger partial charge in [-0.2, -0.15) is 0 Å². The molecule has 2 N–H and O–H groups in total. The predicted octanol–water partition coefficient (Wildman–Crippen LogP) is 7.08. The quantitative estimate of drug-likeness (QED) is 0.224. The van der Waals surface area contributed by atoms with Gasteiger partial charge in [0.05, 0.1) is 12.8 Å². The maximum absolute atomic E-state index is 13.2. The predicted molar refractivity (Wildman–Crippen MR) is 156 cm³/mol. The summed E-state index contributed by atoms with van der Waals surface area (Å²) in [4.78, 5) is 15.0. The molecule has 2 amide bonds. The number of benzene rings is 4. The van der Waals surface area contributed by atoms with Crippen LogP contribution in [0.3, 0.4) is 0 Å². The summed E-state index contributed by atoms with van der Waals surface area (Å²) in [6.07, 6.45) is 3.85. The molecule has 7 nitrogen and oxygen atoms in total. The Labute approximate surface area is 233 Å². The Bertz CT molecular complexity index is 1440. The van der Waals surface area contributed by atoms with Crippen LogP contribution in [0.5, 0.6) is 17.2 Å². The van der Waals surface area contributed by atoms with Crippen LogP contribution in [0.15, 0.2) is 78.9 Å². The van der Waals surface area contributed by atoms with Crippen LogP contribution < -0.4 is 24.8 Å². The second kappa shape index (κ2) is 13.2. The van der Waals surface area contributed by atoms with Gasteiger partial charge in [-0.05, 0) is 80.0 Å². The molecule has 1 fully saturated rings. The van der Waals surface area contributed by atoms with Crippen LogP contribution in [0, 0.1) is 5.82 Å². The molecule has 0 atom stereocenters. The Balaban J connectivity index is 1.22. The number of nitrogens with one attached hydrogen (secondary N) is 2. The molecule has 1 saturated heterocycles. The van der Waals surface area contributed by atoms with Crippen molar-refractivity contribution in [2.45, 2.75) is 25.9 Å². The highest BCUT2D eigenvalue weighted by molar-refractivity contribution is 6.07. The van der Waals surface area contributed by atoms with Crippen molar-refractivity contribution >= 4 is 28.2 Å². The average molecular weight is 544 g/mol. The van der Waals surface area contributed by atoms with Crippen LogP contribution in [0.1, 0.15) is 24.8 Å². The molecule has 40 heavy (non-hydrogen) atoms. The number of hydrogen-bond acceptors (Lipinski definition) is 5. The lowest BCUT2D eigenvalue weighted by atomic mass is 10.1. The zero-order chi connectivity index (χ0) is 27.7. The standard InChI is InChI=1S/C32H34FN3O4/c1-38-31-21-23(9-15-30(31)39-20-19-36-17-5-2-6-18-36)22-40-29-16-14-28(26-7-3-4-8-27(26)29)35-32(37)34-25-12-10-24(33)11-13-25/h3-4,7-16,21H,2,5-6,17-20,22H2,1H3,(H2,34,35,37). The van der Waals surface area contributed by atoms with E-state index in [1.54, 1.807) is 7.11 Å². The Kier molecular flexibility index (Phi) is 8.98. The molecule has 8 heteroatoms. The number of urea groups is 1. The summed E-state index contributed by atoms with van der Waals surface area (Å²) in [5.41, 5.74) is 2.08. The molecular formula is C32H34FN3O4. The van der Waals surface area contributed by atoms with E-state index in [9.17, 15) is 9.18 Å². The van der Waals surface area contributed by atoms with E-state index in [2.05, 4.69) is 15.5 Å². The van der Waals surface area contributed by atoms with Crippen LogP contribution in [0.25, 0.3) is 10.8 Å². The van der Waals surface area contributed by atoms with Gasteiger partial charge in [-0.15, -0.1) is 0 Å². The van der Waals surface area contributed by atoms with Crippen molar-refractivity contribution in [3.63, 3.8) is 0 Å². The fraction of sp³-hybridized carbons (Fsp3) is 0.281. The highest BCUT2D eigenvalue weighted by atomic mass is 19.1. The first-order chi connectivity index (χ1) is 19.6. The van der Waals surface area contributed by atoms with Gasteiger partial charge in [-0.3, -0.25) is 4.90 Å². The number of halogens is 1. The summed E-state index contributed by atoms with van der Waals surface area (Å²) in [5.74, 6) is 1.73. The lowest BCUT2D eigenvalue weighted by Crippen LogP contribution is -2.33. The number of carbonyl (C=O) groups is 1. The Morgan fingerprint density at radius 3 is 2.35 bits per heavy atom. The van der Waals surface area contributed by atoms with E-state index >= 15 is 0 Å². The normalized spacial score (nSPS) is 13.6. The molecule has 0 aromatic heterocycles. The van der Waals surface area contributed by atoms with E-state index in [0.717, 1.165) is 41.7 Å². The van der Waals surface area contributed by atoms with Crippen molar-refractivity contribution in [3.8, 4) is 17.2 Å². The molecule has 5 rings (SSSR count). The Hall–Kier alpha value is -4.30. The van der Waals surface area contributed by atoms with E-state index in [1.165, 1.54) is 43.5 Å². The molecule has 0 bridgehead atoms. The lowest BCUT2D eigenvalue weighted by Gasteiger charge is -2.26. The van der Waals surface area contributed by atoms with Gasteiger partial charge in [0.15, 0.2) is 11.5 Å². The summed E-state index contributed by atoms with van der Waals surface area (Å²) in [5, 5.41) is 7.30. The third kappa shape index (κ3) is 7.01. The number of amides is 2. The highest BCUT2D eigenvalue weighted by Crippen LogP contribution is 2.33. The minimum Gasteiger partial charge on any atom is -0.493 e. The van der Waals surface area contributed by atoms with Crippen molar-refractivity contribution in [2.75, 3.05) is 44.0 Å². The van der Waals surface area contributed by atoms with Crippen molar-refractivity contribution in [1.29, 1.82) is 0 Å². The van der Waals surface area contributed by atoms with Crippen LogP contribution in [-0.2, 0) is 6.61 Å². The number of methoxy groups -OCH3 is 1. The summed E-state index contributed by atoms with van der Waals surface area (Å²) in [6.45, 7) is 4.17. The molecule has 208 valence electrons. The van der Waals surface area contributed by atoms with Crippen molar-refractivity contribution < 1.29 is 23.4 Å². The average Bonchev–Trinajstić information content (AvgIpc) is 2.99. The number of nitrogens with zero attached hydrogens (tertiary/aromatic N) is 1. The molecule has 0 radical (unpaired) electrons. The number of piperidine rings is 1. The van der Waals surface area contributed by atoms with Gasteiger partial charge in [-0.1, -0.05) is 36.8 Å². The second-order valence-electron chi connectivity index (χ2n) is 9.77. The molecule has 1 aliphatic rings. The van der Waals surface area contributed by atoms with Crippen LogP contribution >= 0.6 is 0 Å². The van der Waals surface area contributed by atoms with Gasteiger partial charge in [0, 0.05) is 23.0 Å². The minimum absolute atomic E-state index is 0.340. The van der Waals surface area contributed by atoms with Gasteiger partial charge < -0.3 is 24.8 Å². The van der Waals surface area contributed by atoms with Gasteiger partial charge in [0.25, 0.3) is 0 Å². The van der Waals surface area contributed by atoms with E-state index in [-0.39, 0.29) is 5.82 Å². The topological polar surface area (TPSA) is 72.1 Å². The fourth-order valence-corrected chi connectivity index (χ4v) is 4.87. The first-order valence-corrected chi connectivity index (χ1v) is 13.6. The molecule has 0 spiro atoms. The summed E-state index contributed by atoms with van der Waals surface area (Å²) < 4.78 is 31.0. The minimum atomic E-state index is -0.421. The highest BCUT2D eigenvalue weighted by Gasteiger charge is 2.13. The number of anilines is 2. The first kappa shape index (κ1) is 27.3. The molecule has 1 aliphatic heterocycles. The molecule has 0 unspecified atom stereocenters. The fourth-order valence-electron chi connectivity index (χ4n) is 4.87. The van der Waals surface area contributed by atoms with E-state index in [1.807, 2.05) is 54.6 Å². The lowest BCUT2D eigenvalue weighted by molar-refractivity contribution is 0.180. The van der Waals surface area contributed by atoms with E-state index < -0.39 is 6.03 Å². The monoisotopic (exact) mass is 543 g/mol. The Morgan fingerprint density at radius 2 is 1.57 bits per heavy atom.